The van der Waals surface area contributed by atoms with E-state index in [0.29, 0.717) is 22.8 Å². The summed E-state index contributed by atoms with van der Waals surface area (Å²) in [6.07, 6.45) is 1.49. The zero-order valence-electron chi connectivity index (χ0n) is 13.4. The van der Waals surface area contributed by atoms with Gasteiger partial charge in [0.05, 0.1) is 16.3 Å². The minimum absolute atomic E-state index is 0.265. The summed E-state index contributed by atoms with van der Waals surface area (Å²) in [6.45, 7) is 4.57. The highest BCUT2D eigenvalue weighted by Gasteiger charge is 2.35. The molecule has 0 aliphatic carbocycles. The van der Waals surface area contributed by atoms with E-state index in [2.05, 4.69) is 4.36 Å². The Labute approximate surface area is 136 Å². The Bertz CT molecular complexity index is 878. The predicted molar refractivity (Wildman–Crippen MR) is 90.5 cm³/mol. The first-order chi connectivity index (χ1) is 10.8. The zero-order chi connectivity index (χ0) is 16.7. The molecule has 2 aromatic rings. The third-order valence-electron chi connectivity index (χ3n) is 3.96. The summed E-state index contributed by atoms with van der Waals surface area (Å²) in [5, 5.41) is 0. The van der Waals surface area contributed by atoms with Gasteiger partial charge in [-0.3, -0.25) is 4.79 Å². The van der Waals surface area contributed by atoms with E-state index in [9.17, 15) is 9.00 Å². The van der Waals surface area contributed by atoms with Gasteiger partial charge in [0.25, 0.3) is 5.91 Å². The molecule has 1 aliphatic heterocycles. The number of fused-ring (bicyclic) bond motifs is 1. The third-order valence-corrected chi connectivity index (χ3v) is 5.62. The fourth-order valence-corrected chi connectivity index (χ4v) is 3.97. The van der Waals surface area contributed by atoms with Gasteiger partial charge in [-0.15, -0.1) is 0 Å². The fourth-order valence-electron chi connectivity index (χ4n) is 2.79. The Balaban J connectivity index is 2.09. The Morgan fingerprint density at radius 3 is 2.52 bits per heavy atom. The monoisotopic (exact) mass is 329 g/mol. The van der Waals surface area contributed by atoms with Crippen LogP contribution in [0.25, 0.3) is 0 Å². The minimum Gasteiger partial charge on any atom is -0.492 e. The van der Waals surface area contributed by atoms with Crippen molar-refractivity contribution in [3.05, 3.63) is 59.7 Å². The Kier molecular flexibility index (Phi) is 3.76. The van der Waals surface area contributed by atoms with Crippen LogP contribution in [0.1, 0.15) is 29.8 Å². The van der Waals surface area contributed by atoms with Gasteiger partial charge in [0.15, 0.2) is 0 Å². The molecule has 4 nitrogen and oxygen atoms in total. The van der Waals surface area contributed by atoms with Gasteiger partial charge < -0.3 is 4.74 Å². The van der Waals surface area contributed by atoms with Crippen molar-refractivity contribution in [2.75, 3.05) is 12.9 Å². The molecule has 0 fully saturated rings. The number of carbonyl (C=O) groups excluding carboxylic acids is 1. The van der Waals surface area contributed by atoms with Gasteiger partial charge in [0.1, 0.15) is 5.75 Å². The third kappa shape index (κ3) is 2.88. The molecule has 3 rings (SSSR count). The largest absolute Gasteiger partial charge is 0.492 e. The van der Waals surface area contributed by atoms with Crippen LogP contribution in [0.5, 0.6) is 5.75 Å². The molecule has 0 spiro atoms. The van der Waals surface area contributed by atoms with Gasteiger partial charge in [0, 0.05) is 27.7 Å². The van der Waals surface area contributed by atoms with Crippen LogP contribution in [-0.2, 0) is 15.1 Å². The van der Waals surface area contributed by atoms with Crippen molar-refractivity contribution in [1.29, 1.82) is 0 Å². The smallest absolute Gasteiger partial charge is 0.285 e. The number of benzene rings is 2. The van der Waals surface area contributed by atoms with E-state index in [-0.39, 0.29) is 5.41 Å². The molecule has 1 heterocycles. The predicted octanol–water partition coefficient (Wildman–Crippen LogP) is 3.65. The minimum atomic E-state index is -2.78. The van der Waals surface area contributed by atoms with E-state index in [1.165, 1.54) is 6.26 Å². The summed E-state index contributed by atoms with van der Waals surface area (Å²) in [5.41, 5.74) is 1.05. The van der Waals surface area contributed by atoms with Crippen LogP contribution < -0.4 is 4.74 Å². The summed E-state index contributed by atoms with van der Waals surface area (Å²) < 4.78 is 22.5. The van der Waals surface area contributed by atoms with Gasteiger partial charge >= 0.3 is 0 Å². The van der Waals surface area contributed by atoms with E-state index in [4.69, 9.17) is 4.74 Å². The van der Waals surface area contributed by atoms with Crippen LogP contribution in [0.15, 0.2) is 57.8 Å². The molecule has 23 heavy (non-hydrogen) atoms. The zero-order valence-corrected chi connectivity index (χ0v) is 14.2. The Morgan fingerprint density at radius 2 is 1.83 bits per heavy atom. The number of rotatable bonds is 2. The SMILES string of the molecule is CC1(C)COc2cccc(C(=O)N=S(C)(=O)c3ccccc3)c21. The fraction of sp³-hybridized carbons (Fsp3) is 0.278. The summed E-state index contributed by atoms with van der Waals surface area (Å²) in [7, 11) is -2.78. The molecule has 1 atom stereocenters. The first kappa shape index (κ1) is 15.7. The molecule has 5 heteroatoms. The first-order valence-electron chi connectivity index (χ1n) is 7.39. The van der Waals surface area contributed by atoms with Gasteiger partial charge in [-0.25, -0.2) is 4.21 Å². The quantitative estimate of drug-likeness (QED) is 0.845. The van der Waals surface area contributed by atoms with Crippen molar-refractivity contribution >= 4 is 15.6 Å². The van der Waals surface area contributed by atoms with Crippen molar-refractivity contribution in [3.8, 4) is 5.75 Å². The highest BCUT2D eigenvalue weighted by Crippen LogP contribution is 2.40. The lowest BCUT2D eigenvalue weighted by molar-refractivity contribution is 0.100. The van der Waals surface area contributed by atoms with E-state index >= 15 is 0 Å². The van der Waals surface area contributed by atoms with Crippen LogP contribution in [0.4, 0.5) is 0 Å². The second kappa shape index (κ2) is 5.49. The van der Waals surface area contributed by atoms with Crippen molar-refractivity contribution < 1.29 is 13.7 Å². The second-order valence-corrected chi connectivity index (χ2v) is 8.62. The van der Waals surface area contributed by atoms with Crippen molar-refractivity contribution in [2.24, 2.45) is 4.36 Å². The summed E-state index contributed by atoms with van der Waals surface area (Å²) in [5.74, 6) is 0.246. The maximum Gasteiger partial charge on any atom is 0.285 e. The summed E-state index contributed by atoms with van der Waals surface area (Å²) in [4.78, 5) is 13.2. The molecule has 2 aromatic carbocycles. The standard InChI is InChI=1S/C18H19NO3S/c1-18(2)12-22-15-11-7-10-14(16(15)18)17(20)19-23(3,21)13-8-5-4-6-9-13/h4-11H,12H2,1-3H3. The molecule has 0 aromatic heterocycles. The van der Waals surface area contributed by atoms with Crippen molar-refractivity contribution in [2.45, 2.75) is 24.2 Å². The van der Waals surface area contributed by atoms with E-state index in [0.717, 1.165) is 5.56 Å². The highest BCUT2D eigenvalue weighted by molar-refractivity contribution is 7.93. The van der Waals surface area contributed by atoms with E-state index < -0.39 is 15.6 Å². The molecule has 0 saturated carbocycles. The van der Waals surface area contributed by atoms with Crippen LogP contribution in [0, 0.1) is 0 Å². The van der Waals surface area contributed by atoms with Gasteiger partial charge in [-0.2, -0.15) is 4.36 Å². The number of nitrogens with zero attached hydrogens (tertiary/aromatic N) is 1. The summed E-state index contributed by atoms with van der Waals surface area (Å²) >= 11 is 0. The molecule has 1 unspecified atom stereocenters. The highest BCUT2D eigenvalue weighted by atomic mass is 32.2. The van der Waals surface area contributed by atoms with Gasteiger partial charge in [-0.05, 0) is 24.3 Å². The van der Waals surface area contributed by atoms with Crippen LogP contribution in [-0.4, -0.2) is 23.0 Å². The van der Waals surface area contributed by atoms with Gasteiger partial charge in [0.2, 0.25) is 0 Å². The topological polar surface area (TPSA) is 55.7 Å². The Morgan fingerprint density at radius 1 is 1.13 bits per heavy atom. The Hall–Kier alpha value is -2.14. The average molecular weight is 329 g/mol. The number of hydrogen-bond donors (Lipinski definition) is 0. The first-order valence-corrected chi connectivity index (χ1v) is 9.31. The van der Waals surface area contributed by atoms with E-state index in [1.807, 2.05) is 26.0 Å². The lowest BCUT2D eigenvalue weighted by atomic mass is 9.83. The molecule has 0 saturated heterocycles. The molecule has 0 N–H and O–H groups in total. The van der Waals surface area contributed by atoms with Crippen LogP contribution >= 0.6 is 0 Å². The lowest BCUT2D eigenvalue weighted by Gasteiger charge is -2.17. The maximum atomic E-state index is 12.8. The number of hydrogen-bond acceptors (Lipinski definition) is 3. The molecule has 120 valence electrons. The van der Waals surface area contributed by atoms with E-state index in [1.54, 1.807) is 36.4 Å². The average Bonchev–Trinajstić information content (AvgIpc) is 2.83. The van der Waals surface area contributed by atoms with Crippen molar-refractivity contribution in [3.63, 3.8) is 0 Å². The lowest BCUT2D eigenvalue weighted by Crippen LogP contribution is -2.21. The molecule has 1 aliphatic rings. The van der Waals surface area contributed by atoms with Crippen LogP contribution in [0.2, 0.25) is 0 Å². The molecule has 0 radical (unpaired) electrons. The number of amides is 1. The number of ether oxygens (including phenoxy) is 1. The summed E-state index contributed by atoms with van der Waals surface area (Å²) in [6, 6.07) is 14.2. The van der Waals surface area contributed by atoms with Crippen LogP contribution in [0.3, 0.4) is 0 Å². The number of carbonyl (C=O) groups is 1. The molecule has 0 bridgehead atoms. The molecular formula is C18H19NO3S. The van der Waals surface area contributed by atoms with Gasteiger partial charge in [-0.1, -0.05) is 38.1 Å². The molecule has 1 amide bonds. The van der Waals surface area contributed by atoms with Crippen molar-refractivity contribution in [1.82, 2.24) is 0 Å². The molecular weight excluding hydrogens is 310 g/mol. The second-order valence-electron chi connectivity index (χ2n) is 6.36. The maximum absolute atomic E-state index is 12.8. The normalized spacial score (nSPS) is 17.7.